The van der Waals surface area contributed by atoms with Crippen LogP contribution in [-0.4, -0.2) is 7.11 Å². The van der Waals surface area contributed by atoms with Gasteiger partial charge in [-0.25, -0.2) is 0 Å². The number of methoxy groups -OCH3 is 1. The van der Waals surface area contributed by atoms with Crippen LogP contribution in [-0.2, 0) is 0 Å². The number of hydrogen-bond donors (Lipinski definition) is 0. The van der Waals surface area contributed by atoms with Gasteiger partial charge < -0.3 is 4.74 Å². The summed E-state index contributed by atoms with van der Waals surface area (Å²) in [6, 6.07) is 4.26. The maximum Gasteiger partial charge on any atom is 0.123 e. The summed E-state index contributed by atoms with van der Waals surface area (Å²) in [6.07, 6.45) is 1.09. The van der Waals surface area contributed by atoms with Gasteiger partial charge in [-0.3, -0.25) is 0 Å². The second-order valence-corrected chi connectivity index (χ2v) is 8.27. The largest absolute Gasteiger partial charge is 0.496 e. The molecule has 1 aromatic rings. The van der Waals surface area contributed by atoms with Crippen molar-refractivity contribution in [2.24, 2.45) is 11.3 Å². The highest BCUT2D eigenvalue weighted by atomic mass is 79.9. The van der Waals surface area contributed by atoms with E-state index in [-0.39, 0.29) is 0 Å². The highest BCUT2D eigenvalue weighted by molar-refractivity contribution is 9.10. The molecule has 2 unspecified atom stereocenters. The predicted octanol–water partition coefficient (Wildman–Crippen LogP) is 6.27. The van der Waals surface area contributed by atoms with Crippen LogP contribution in [0.5, 0.6) is 5.75 Å². The first-order valence-corrected chi connectivity index (χ1v) is 8.35. The Kier molecular flexibility index (Phi) is 5.94. The quantitative estimate of drug-likeness (QED) is 0.549. The van der Waals surface area contributed by atoms with Crippen molar-refractivity contribution >= 4 is 31.9 Å². The Morgan fingerprint density at radius 2 is 1.84 bits per heavy atom. The Balaban J connectivity index is 2.99. The minimum atomic E-state index is 0.313. The lowest BCUT2D eigenvalue weighted by Crippen LogP contribution is -2.18. The Morgan fingerprint density at radius 1 is 1.26 bits per heavy atom. The minimum Gasteiger partial charge on any atom is -0.496 e. The summed E-state index contributed by atoms with van der Waals surface area (Å²) < 4.78 is 6.65. The molecule has 108 valence electrons. The summed E-state index contributed by atoms with van der Waals surface area (Å²) in [4.78, 5) is 0.313. The number of halogens is 2. The smallest absolute Gasteiger partial charge is 0.123 e. The topological polar surface area (TPSA) is 9.23 Å². The summed E-state index contributed by atoms with van der Waals surface area (Å²) in [7, 11) is 1.74. The lowest BCUT2D eigenvalue weighted by molar-refractivity contribution is 0.246. The third kappa shape index (κ3) is 4.49. The highest BCUT2D eigenvalue weighted by Gasteiger charge is 2.25. The molecule has 0 spiro atoms. The van der Waals surface area contributed by atoms with Crippen LogP contribution in [0.25, 0.3) is 0 Å². The normalized spacial score (nSPS) is 15.2. The summed E-state index contributed by atoms with van der Waals surface area (Å²) in [5.74, 6) is 1.59. The van der Waals surface area contributed by atoms with E-state index in [2.05, 4.69) is 78.6 Å². The zero-order valence-corrected chi connectivity index (χ0v) is 15.9. The van der Waals surface area contributed by atoms with E-state index in [9.17, 15) is 0 Å². The molecule has 0 aliphatic carbocycles. The Hall–Kier alpha value is -0.0200. The summed E-state index contributed by atoms with van der Waals surface area (Å²) in [6.45, 7) is 11.3. The van der Waals surface area contributed by atoms with E-state index < -0.39 is 0 Å². The number of rotatable bonds is 4. The van der Waals surface area contributed by atoms with Gasteiger partial charge in [0, 0.05) is 14.9 Å². The third-order valence-electron chi connectivity index (χ3n) is 3.89. The lowest BCUT2D eigenvalue weighted by Gasteiger charge is -2.29. The lowest BCUT2D eigenvalue weighted by atomic mass is 9.79. The van der Waals surface area contributed by atoms with Gasteiger partial charge in [0.2, 0.25) is 0 Å². The van der Waals surface area contributed by atoms with Gasteiger partial charge in [0.15, 0.2) is 0 Å². The molecule has 0 aliphatic rings. The van der Waals surface area contributed by atoms with E-state index >= 15 is 0 Å². The van der Waals surface area contributed by atoms with Crippen molar-refractivity contribution in [2.75, 3.05) is 7.11 Å². The second kappa shape index (κ2) is 6.62. The first-order valence-electron chi connectivity index (χ1n) is 6.65. The molecule has 0 fully saturated rings. The first-order chi connectivity index (χ1) is 8.66. The van der Waals surface area contributed by atoms with E-state index in [1.165, 1.54) is 11.1 Å². The summed E-state index contributed by atoms with van der Waals surface area (Å²) >= 11 is 7.44. The standard InChI is InChI=1S/C16H24Br2O/c1-10-7-15(19-6)12(9-13(10)17)14(18)8-11(2)16(3,4)5/h7,9,11,14H,8H2,1-6H3. The van der Waals surface area contributed by atoms with Crippen LogP contribution in [0, 0.1) is 18.3 Å². The van der Waals surface area contributed by atoms with Gasteiger partial charge in [-0.1, -0.05) is 59.6 Å². The molecule has 2 atom stereocenters. The third-order valence-corrected chi connectivity index (χ3v) is 5.61. The zero-order valence-electron chi connectivity index (χ0n) is 12.7. The molecule has 1 nitrogen and oxygen atoms in total. The van der Waals surface area contributed by atoms with Crippen LogP contribution >= 0.6 is 31.9 Å². The molecule has 0 heterocycles. The van der Waals surface area contributed by atoms with Crippen LogP contribution in [0.3, 0.4) is 0 Å². The fourth-order valence-corrected chi connectivity index (χ4v) is 3.16. The molecule has 0 saturated heterocycles. The average Bonchev–Trinajstić information content (AvgIpc) is 2.30. The van der Waals surface area contributed by atoms with Gasteiger partial charge in [0.25, 0.3) is 0 Å². The maximum absolute atomic E-state index is 5.52. The minimum absolute atomic E-state index is 0.313. The van der Waals surface area contributed by atoms with E-state index in [0.717, 1.165) is 16.6 Å². The molecule has 0 saturated carbocycles. The molecule has 0 aliphatic heterocycles. The van der Waals surface area contributed by atoms with Crippen LogP contribution in [0.4, 0.5) is 0 Å². The molecule has 19 heavy (non-hydrogen) atoms. The van der Waals surface area contributed by atoms with Gasteiger partial charge in [-0.15, -0.1) is 0 Å². The Morgan fingerprint density at radius 3 is 2.32 bits per heavy atom. The number of benzene rings is 1. The predicted molar refractivity (Wildman–Crippen MR) is 90.3 cm³/mol. The molecule has 0 bridgehead atoms. The summed E-state index contributed by atoms with van der Waals surface area (Å²) in [5, 5.41) is 0. The Bertz CT molecular complexity index is 435. The molecular weight excluding hydrogens is 368 g/mol. The monoisotopic (exact) mass is 390 g/mol. The highest BCUT2D eigenvalue weighted by Crippen LogP contribution is 2.42. The summed E-state index contributed by atoms with van der Waals surface area (Å²) in [5.41, 5.74) is 2.74. The fourth-order valence-electron chi connectivity index (χ4n) is 1.88. The molecule has 0 aromatic heterocycles. The van der Waals surface area contributed by atoms with Gasteiger partial charge in [-0.2, -0.15) is 0 Å². The van der Waals surface area contributed by atoms with Crippen molar-refractivity contribution in [1.82, 2.24) is 0 Å². The number of alkyl halides is 1. The van der Waals surface area contributed by atoms with Gasteiger partial charge in [0.1, 0.15) is 5.75 Å². The average molecular weight is 392 g/mol. The van der Waals surface area contributed by atoms with Crippen molar-refractivity contribution in [3.63, 3.8) is 0 Å². The fraction of sp³-hybridized carbons (Fsp3) is 0.625. The molecule has 0 amide bonds. The second-order valence-electron chi connectivity index (χ2n) is 6.31. The van der Waals surface area contributed by atoms with Crippen molar-refractivity contribution in [3.05, 3.63) is 27.7 Å². The molecule has 1 aromatic carbocycles. The van der Waals surface area contributed by atoms with Crippen LogP contribution in [0.15, 0.2) is 16.6 Å². The van der Waals surface area contributed by atoms with Gasteiger partial charge >= 0.3 is 0 Å². The zero-order chi connectivity index (χ0) is 14.8. The van der Waals surface area contributed by atoms with Crippen LogP contribution in [0.2, 0.25) is 0 Å². The van der Waals surface area contributed by atoms with E-state index in [1.54, 1.807) is 7.11 Å². The molecular formula is C16H24Br2O. The van der Waals surface area contributed by atoms with Crippen molar-refractivity contribution < 1.29 is 4.74 Å². The van der Waals surface area contributed by atoms with E-state index in [0.29, 0.717) is 16.2 Å². The van der Waals surface area contributed by atoms with Crippen molar-refractivity contribution in [2.45, 2.75) is 45.9 Å². The maximum atomic E-state index is 5.52. The molecule has 3 heteroatoms. The molecule has 1 rings (SSSR count). The van der Waals surface area contributed by atoms with Crippen LogP contribution in [0.1, 0.15) is 50.1 Å². The van der Waals surface area contributed by atoms with Gasteiger partial charge in [0.05, 0.1) is 7.11 Å². The van der Waals surface area contributed by atoms with Crippen LogP contribution < -0.4 is 4.74 Å². The molecule has 0 radical (unpaired) electrons. The molecule has 0 N–H and O–H groups in total. The van der Waals surface area contributed by atoms with E-state index in [4.69, 9.17) is 4.74 Å². The first kappa shape index (κ1) is 17.0. The van der Waals surface area contributed by atoms with Crippen molar-refractivity contribution in [3.8, 4) is 5.75 Å². The number of ether oxygens (including phenoxy) is 1. The number of hydrogen-bond acceptors (Lipinski definition) is 1. The van der Waals surface area contributed by atoms with Crippen molar-refractivity contribution in [1.29, 1.82) is 0 Å². The number of aryl methyl sites for hydroxylation is 1. The van der Waals surface area contributed by atoms with E-state index in [1.807, 2.05) is 0 Å². The van der Waals surface area contributed by atoms with Gasteiger partial charge in [-0.05, 0) is 42.4 Å². The SMILES string of the molecule is COc1cc(C)c(Br)cc1C(Br)CC(C)C(C)(C)C. The Labute approximate surface area is 134 Å².